The molecule has 0 saturated carbocycles. The molecule has 1 aromatic rings. The van der Waals surface area contributed by atoms with Crippen molar-refractivity contribution < 1.29 is 19.7 Å². The van der Waals surface area contributed by atoms with Gasteiger partial charge in [-0.1, -0.05) is 0 Å². The molecule has 0 fully saturated rings. The van der Waals surface area contributed by atoms with Crippen LogP contribution in [0.4, 0.5) is 0 Å². The highest BCUT2D eigenvalue weighted by Gasteiger charge is 2.12. The van der Waals surface area contributed by atoms with Crippen molar-refractivity contribution in [1.29, 1.82) is 0 Å². The number of benzene rings is 1. The summed E-state index contributed by atoms with van der Waals surface area (Å²) < 4.78 is 11.8. The first-order valence-electron chi connectivity index (χ1n) is 5.95. The lowest BCUT2D eigenvalue weighted by molar-refractivity contribution is 0.153. The first kappa shape index (κ1) is 15.3. The van der Waals surface area contributed by atoms with Crippen LogP contribution in [0.5, 0.6) is 11.5 Å². The smallest absolute Gasteiger partial charge is 0.175 e. The molecule has 1 aromatic carbocycles. The highest BCUT2D eigenvalue weighted by molar-refractivity contribution is 9.10. The molecule has 1 atom stereocenters. The van der Waals surface area contributed by atoms with Crippen molar-refractivity contribution in [2.24, 2.45) is 0 Å². The van der Waals surface area contributed by atoms with Gasteiger partial charge in [0.15, 0.2) is 11.5 Å². The van der Waals surface area contributed by atoms with E-state index in [9.17, 15) is 5.11 Å². The van der Waals surface area contributed by atoms with E-state index in [1.165, 1.54) is 0 Å². The van der Waals surface area contributed by atoms with Crippen LogP contribution < -0.4 is 9.47 Å². The molecule has 0 spiro atoms. The molecule has 4 nitrogen and oxygen atoms in total. The lowest BCUT2D eigenvalue weighted by Gasteiger charge is -2.15. The van der Waals surface area contributed by atoms with Gasteiger partial charge in [-0.25, -0.2) is 0 Å². The summed E-state index contributed by atoms with van der Waals surface area (Å²) in [6, 6.07) is 3.55. The zero-order chi connectivity index (χ0) is 13.5. The Morgan fingerprint density at radius 2 is 2.06 bits per heavy atom. The Morgan fingerprint density at radius 3 is 2.61 bits per heavy atom. The molecule has 0 saturated heterocycles. The molecule has 2 N–H and O–H groups in total. The van der Waals surface area contributed by atoms with Crippen molar-refractivity contribution in [2.45, 2.75) is 33.0 Å². The molecular weight excluding hydrogens is 300 g/mol. The van der Waals surface area contributed by atoms with E-state index < -0.39 is 6.10 Å². The number of halogens is 1. The van der Waals surface area contributed by atoms with Gasteiger partial charge in [0.25, 0.3) is 0 Å². The van der Waals surface area contributed by atoms with E-state index in [1.807, 2.05) is 6.92 Å². The molecule has 18 heavy (non-hydrogen) atoms. The molecule has 1 unspecified atom stereocenters. The van der Waals surface area contributed by atoms with Gasteiger partial charge in [0.1, 0.15) is 0 Å². The average molecular weight is 319 g/mol. The Kier molecular flexibility index (Phi) is 6.46. The van der Waals surface area contributed by atoms with Crippen molar-refractivity contribution in [3.63, 3.8) is 0 Å². The second-order valence-corrected chi connectivity index (χ2v) is 4.84. The number of hydrogen-bond acceptors (Lipinski definition) is 4. The van der Waals surface area contributed by atoms with Crippen molar-refractivity contribution in [1.82, 2.24) is 0 Å². The van der Waals surface area contributed by atoms with Crippen LogP contribution >= 0.6 is 15.9 Å². The second kappa shape index (κ2) is 7.61. The van der Waals surface area contributed by atoms with Gasteiger partial charge in [-0.3, -0.25) is 0 Å². The molecule has 0 amide bonds. The largest absolute Gasteiger partial charge is 0.490 e. The van der Waals surface area contributed by atoms with E-state index in [0.29, 0.717) is 31.1 Å². The van der Waals surface area contributed by atoms with Crippen LogP contribution in [0.15, 0.2) is 16.6 Å². The second-order valence-electron chi connectivity index (χ2n) is 3.98. The fourth-order valence-electron chi connectivity index (χ4n) is 1.45. The molecule has 0 aromatic heterocycles. The van der Waals surface area contributed by atoms with Gasteiger partial charge in [0.2, 0.25) is 0 Å². The molecule has 1 rings (SSSR count). The number of rotatable bonds is 7. The van der Waals surface area contributed by atoms with Gasteiger partial charge in [-0.2, -0.15) is 0 Å². The summed E-state index contributed by atoms with van der Waals surface area (Å²) in [6.07, 6.45) is 0.163. The third-order valence-electron chi connectivity index (χ3n) is 2.33. The Morgan fingerprint density at radius 1 is 1.33 bits per heavy atom. The zero-order valence-corrected chi connectivity index (χ0v) is 12.2. The van der Waals surface area contributed by atoms with Crippen LogP contribution in [0.1, 0.15) is 25.8 Å². The predicted molar refractivity (Wildman–Crippen MR) is 73.0 cm³/mol. The van der Waals surface area contributed by atoms with Crippen molar-refractivity contribution >= 4 is 15.9 Å². The normalized spacial score (nSPS) is 12.3. The van der Waals surface area contributed by atoms with Crippen LogP contribution in [0.2, 0.25) is 0 Å². The fourth-order valence-corrected chi connectivity index (χ4v) is 2.05. The summed E-state index contributed by atoms with van der Waals surface area (Å²) in [5, 5.41) is 18.3. The zero-order valence-electron chi connectivity index (χ0n) is 10.6. The van der Waals surface area contributed by atoms with Gasteiger partial charge in [0.05, 0.1) is 30.4 Å². The lowest BCUT2D eigenvalue weighted by atomic mass is 10.2. The van der Waals surface area contributed by atoms with Gasteiger partial charge in [-0.05, 0) is 47.5 Å². The quantitative estimate of drug-likeness (QED) is 0.811. The van der Waals surface area contributed by atoms with Crippen LogP contribution in [0, 0.1) is 0 Å². The third-order valence-corrected chi connectivity index (χ3v) is 2.92. The standard InChI is InChI=1S/C13H19BrO4/c1-3-17-12-7-10(8-15)6-11(14)13(12)18-5-4-9(2)16/h6-7,9,15-16H,3-5,8H2,1-2H3. The molecular formula is C13H19BrO4. The molecule has 0 radical (unpaired) electrons. The van der Waals surface area contributed by atoms with E-state index in [1.54, 1.807) is 19.1 Å². The fraction of sp³-hybridized carbons (Fsp3) is 0.538. The lowest BCUT2D eigenvalue weighted by Crippen LogP contribution is -2.09. The number of aliphatic hydroxyl groups is 2. The Labute approximate surface area is 116 Å². The van der Waals surface area contributed by atoms with Crippen molar-refractivity contribution in [3.05, 3.63) is 22.2 Å². The minimum Gasteiger partial charge on any atom is -0.490 e. The average Bonchev–Trinajstić information content (AvgIpc) is 2.32. The van der Waals surface area contributed by atoms with Crippen LogP contribution in [0.3, 0.4) is 0 Å². The van der Waals surface area contributed by atoms with Gasteiger partial charge in [0, 0.05) is 6.42 Å². The van der Waals surface area contributed by atoms with Crippen LogP contribution in [-0.4, -0.2) is 29.5 Å². The molecule has 102 valence electrons. The molecule has 0 heterocycles. The summed E-state index contributed by atoms with van der Waals surface area (Å²) in [5.74, 6) is 1.20. The van der Waals surface area contributed by atoms with Crippen molar-refractivity contribution in [3.8, 4) is 11.5 Å². The van der Waals surface area contributed by atoms with E-state index in [4.69, 9.17) is 14.6 Å². The van der Waals surface area contributed by atoms with Gasteiger partial charge < -0.3 is 19.7 Å². The third kappa shape index (κ3) is 4.48. The number of aliphatic hydroxyl groups excluding tert-OH is 2. The number of ether oxygens (including phenoxy) is 2. The van der Waals surface area contributed by atoms with E-state index in [2.05, 4.69) is 15.9 Å². The highest BCUT2D eigenvalue weighted by atomic mass is 79.9. The van der Waals surface area contributed by atoms with Crippen LogP contribution in [0.25, 0.3) is 0 Å². The van der Waals surface area contributed by atoms with Gasteiger partial charge in [-0.15, -0.1) is 0 Å². The maximum Gasteiger partial charge on any atom is 0.175 e. The maximum absolute atomic E-state index is 9.20. The summed E-state index contributed by atoms with van der Waals surface area (Å²) in [7, 11) is 0. The minimum absolute atomic E-state index is 0.0490. The highest BCUT2D eigenvalue weighted by Crippen LogP contribution is 2.37. The molecule has 0 aliphatic heterocycles. The summed E-state index contributed by atoms with van der Waals surface area (Å²) in [6.45, 7) is 4.49. The summed E-state index contributed by atoms with van der Waals surface area (Å²) >= 11 is 3.40. The predicted octanol–water partition coefficient (Wildman–Crippen LogP) is 2.49. The monoisotopic (exact) mass is 318 g/mol. The van der Waals surface area contributed by atoms with Gasteiger partial charge >= 0.3 is 0 Å². The first-order valence-corrected chi connectivity index (χ1v) is 6.74. The Balaban J connectivity index is 2.86. The van der Waals surface area contributed by atoms with E-state index >= 15 is 0 Å². The Hall–Kier alpha value is -0.780. The number of hydrogen-bond donors (Lipinski definition) is 2. The summed E-state index contributed by atoms with van der Waals surface area (Å²) in [4.78, 5) is 0. The van der Waals surface area contributed by atoms with Crippen LogP contribution in [-0.2, 0) is 6.61 Å². The molecule has 0 aliphatic carbocycles. The molecule has 0 aliphatic rings. The topological polar surface area (TPSA) is 58.9 Å². The maximum atomic E-state index is 9.20. The van der Waals surface area contributed by atoms with Crippen molar-refractivity contribution in [2.75, 3.05) is 13.2 Å². The molecule has 0 bridgehead atoms. The van der Waals surface area contributed by atoms with E-state index in [0.717, 1.165) is 10.0 Å². The van der Waals surface area contributed by atoms with E-state index in [-0.39, 0.29) is 6.61 Å². The minimum atomic E-state index is -0.393. The summed E-state index contributed by atoms with van der Waals surface area (Å²) in [5.41, 5.74) is 0.758. The first-order chi connectivity index (χ1) is 8.58. The SMILES string of the molecule is CCOc1cc(CO)cc(Br)c1OCCC(C)O. The Bertz CT molecular complexity index is 379. The molecule has 5 heteroatoms.